The van der Waals surface area contributed by atoms with E-state index in [4.69, 9.17) is 16.1 Å². The molecule has 1 saturated carbocycles. The van der Waals surface area contributed by atoms with Crippen LogP contribution in [0.4, 0.5) is 5.82 Å². The number of nitrogens with two attached hydrogens (primary N) is 1. The van der Waals surface area contributed by atoms with E-state index >= 15 is 0 Å². The van der Waals surface area contributed by atoms with Crippen molar-refractivity contribution in [3.63, 3.8) is 0 Å². The molecule has 3 rings (SSSR count). The molecule has 1 heterocycles. The fourth-order valence-corrected chi connectivity index (χ4v) is 3.35. The third kappa shape index (κ3) is 3.89. The predicted octanol–water partition coefficient (Wildman–Crippen LogP) is 3.70. The molecule has 120 valence electrons. The molecule has 2 aromatic rings. The Bertz CT molecular complexity index is 647. The van der Waals surface area contributed by atoms with Crippen molar-refractivity contribution < 1.29 is 0 Å². The van der Waals surface area contributed by atoms with Crippen LogP contribution in [0.3, 0.4) is 0 Å². The van der Waals surface area contributed by atoms with Gasteiger partial charge >= 0.3 is 0 Å². The lowest BCUT2D eigenvalue weighted by molar-refractivity contribution is 0.437. The van der Waals surface area contributed by atoms with Gasteiger partial charge in [-0.15, -0.1) is 0 Å². The molecule has 3 N–H and O–H groups in total. The Balaban J connectivity index is 1.83. The van der Waals surface area contributed by atoms with Gasteiger partial charge < -0.3 is 5.73 Å². The maximum atomic E-state index is 7.98. The predicted molar refractivity (Wildman–Crippen MR) is 94.8 cm³/mol. The molecule has 0 spiro atoms. The fraction of sp³-hybridized carbons (Fsp3) is 0.368. The van der Waals surface area contributed by atoms with Crippen LogP contribution in [0.5, 0.6) is 0 Å². The van der Waals surface area contributed by atoms with Crippen molar-refractivity contribution in [1.82, 2.24) is 4.98 Å². The van der Waals surface area contributed by atoms with Crippen molar-refractivity contribution in [3.8, 4) is 0 Å². The van der Waals surface area contributed by atoms with Crippen molar-refractivity contribution in [2.24, 2.45) is 5.73 Å². The average Bonchev–Trinajstić information content (AvgIpc) is 2.57. The number of anilines is 1. The molecule has 1 aliphatic carbocycles. The minimum absolute atomic E-state index is 0.0984. The van der Waals surface area contributed by atoms with Gasteiger partial charge in [-0.3, -0.25) is 10.3 Å². The topological polar surface area (TPSA) is 66.0 Å². The maximum Gasteiger partial charge on any atom is 0.194 e. The first-order valence-corrected chi connectivity index (χ1v) is 8.37. The lowest BCUT2D eigenvalue weighted by Crippen LogP contribution is -2.45. The highest BCUT2D eigenvalue weighted by Gasteiger charge is 2.24. The van der Waals surface area contributed by atoms with Crippen molar-refractivity contribution in [1.29, 1.82) is 5.41 Å². The first-order valence-electron chi connectivity index (χ1n) is 8.37. The number of pyridine rings is 1. The number of aromatic nitrogens is 1. The van der Waals surface area contributed by atoms with E-state index in [1.54, 1.807) is 0 Å². The second-order valence-electron chi connectivity index (χ2n) is 6.20. The zero-order valence-electron chi connectivity index (χ0n) is 13.4. The van der Waals surface area contributed by atoms with Crippen molar-refractivity contribution in [3.05, 3.63) is 59.8 Å². The van der Waals surface area contributed by atoms with Gasteiger partial charge in [0.1, 0.15) is 5.82 Å². The van der Waals surface area contributed by atoms with Gasteiger partial charge in [0.05, 0.1) is 0 Å². The first kappa shape index (κ1) is 15.5. The number of benzene rings is 1. The standard InChI is InChI=1S/C19H24N4/c20-19(21)23(17-11-5-2-6-12-17)18-13-7-10-16(22-18)14-15-8-3-1-4-9-15/h1,3-4,7-10,13,17H,2,5-6,11-12,14H2,(H3,20,21). The smallest absolute Gasteiger partial charge is 0.194 e. The Hall–Kier alpha value is -2.36. The zero-order valence-corrected chi connectivity index (χ0v) is 13.4. The Morgan fingerprint density at radius 2 is 1.78 bits per heavy atom. The molecule has 1 aromatic heterocycles. The fourth-order valence-electron chi connectivity index (χ4n) is 3.35. The minimum Gasteiger partial charge on any atom is -0.370 e. The molecule has 4 heteroatoms. The number of hydrogen-bond donors (Lipinski definition) is 2. The lowest BCUT2D eigenvalue weighted by atomic mass is 9.94. The number of guanidine groups is 1. The molecule has 0 atom stereocenters. The minimum atomic E-state index is 0.0984. The van der Waals surface area contributed by atoms with Gasteiger partial charge in [-0.05, 0) is 30.5 Å². The molecule has 0 unspecified atom stereocenters. The van der Waals surface area contributed by atoms with Crippen LogP contribution in [0, 0.1) is 5.41 Å². The molecule has 1 fully saturated rings. The van der Waals surface area contributed by atoms with Crippen LogP contribution in [0.2, 0.25) is 0 Å². The van der Waals surface area contributed by atoms with Crippen LogP contribution in [-0.4, -0.2) is 17.0 Å². The second-order valence-corrected chi connectivity index (χ2v) is 6.20. The summed E-state index contributed by atoms with van der Waals surface area (Å²) < 4.78 is 0. The van der Waals surface area contributed by atoms with Crippen LogP contribution >= 0.6 is 0 Å². The Labute approximate surface area is 137 Å². The van der Waals surface area contributed by atoms with Gasteiger partial charge in [0.25, 0.3) is 0 Å². The van der Waals surface area contributed by atoms with Crippen molar-refractivity contribution in [2.45, 2.75) is 44.6 Å². The monoisotopic (exact) mass is 308 g/mol. The van der Waals surface area contributed by atoms with Crippen LogP contribution in [0.15, 0.2) is 48.5 Å². The van der Waals surface area contributed by atoms with E-state index in [2.05, 4.69) is 12.1 Å². The van der Waals surface area contributed by atoms with Gasteiger partial charge in [-0.25, -0.2) is 4.98 Å². The summed E-state index contributed by atoms with van der Waals surface area (Å²) in [5.74, 6) is 0.902. The molecular weight excluding hydrogens is 284 g/mol. The van der Waals surface area contributed by atoms with Crippen LogP contribution in [0.25, 0.3) is 0 Å². The summed E-state index contributed by atoms with van der Waals surface area (Å²) in [6.07, 6.45) is 6.67. The van der Waals surface area contributed by atoms with Crippen molar-refractivity contribution >= 4 is 11.8 Å². The Kier molecular flexibility index (Phi) is 4.91. The van der Waals surface area contributed by atoms with Gasteiger partial charge in [-0.1, -0.05) is 55.7 Å². The second kappa shape index (κ2) is 7.27. The van der Waals surface area contributed by atoms with Crippen LogP contribution in [-0.2, 0) is 6.42 Å². The lowest BCUT2D eigenvalue weighted by Gasteiger charge is -2.33. The molecule has 0 bridgehead atoms. The number of hydrogen-bond acceptors (Lipinski definition) is 2. The molecule has 0 aliphatic heterocycles. The summed E-state index contributed by atoms with van der Waals surface area (Å²) in [6, 6.07) is 16.6. The summed E-state index contributed by atoms with van der Waals surface area (Å²) in [5, 5.41) is 7.98. The van der Waals surface area contributed by atoms with Gasteiger partial charge in [0.2, 0.25) is 0 Å². The molecule has 0 radical (unpaired) electrons. The van der Waals surface area contributed by atoms with E-state index in [1.165, 1.54) is 24.8 Å². The third-order valence-electron chi connectivity index (χ3n) is 4.47. The summed E-state index contributed by atoms with van der Waals surface area (Å²) in [6.45, 7) is 0. The van der Waals surface area contributed by atoms with E-state index in [0.29, 0.717) is 6.04 Å². The molecule has 4 nitrogen and oxygen atoms in total. The quantitative estimate of drug-likeness (QED) is 0.668. The van der Waals surface area contributed by atoms with Gasteiger partial charge in [-0.2, -0.15) is 0 Å². The van der Waals surface area contributed by atoms with E-state index in [0.717, 1.165) is 30.8 Å². The molecule has 1 aromatic carbocycles. The average molecular weight is 308 g/mol. The SMILES string of the molecule is N=C(N)N(c1cccc(Cc2ccccc2)n1)C1CCCCC1. The number of nitrogens with zero attached hydrogens (tertiary/aromatic N) is 2. The molecule has 23 heavy (non-hydrogen) atoms. The summed E-state index contributed by atoms with van der Waals surface area (Å²) in [5.41, 5.74) is 8.12. The highest BCUT2D eigenvalue weighted by molar-refractivity contribution is 5.92. The summed E-state index contributed by atoms with van der Waals surface area (Å²) in [7, 11) is 0. The molecule has 0 amide bonds. The van der Waals surface area contributed by atoms with Crippen LogP contribution < -0.4 is 10.6 Å². The Morgan fingerprint density at radius 1 is 1.04 bits per heavy atom. The normalized spacial score (nSPS) is 15.3. The number of rotatable bonds is 4. The largest absolute Gasteiger partial charge is 0.370 e. The van der Waals surface area contributed by atoms with E-state index in [9.17, 15) is 0 Å². The summed E-state index contributed by atoms with van der Waals surface area (Å²) in [4.78, 5) is 6.68. The molecular formula is C19H24N4. The maximum absolute atomic E-state index is 7.98. The third-order valence-corrected chi connectivity index (χ3v) is 4.47. The molecule has 1 aliphatic rings. The van der Waals surface area contributed by atoms with Crippen LogP contribution in [0.1, 0.15) is 43.4 Å². The van der Waals surface area contributed by atoms with E-state index in [-0.39, 0.29) is 5.96 Å². The zero-order chi connectivity index (χ0) is 16.1. The molecule has 0 saturated heterocycles. The number of nitrogens with one attached hydrogen (secondary N) is 1. The van der Waals surface area contributed by atoms with Gasteiger partial charge in [0, 0.05) is 18.2 Å². The van der Waals surface area contributed by atoms with E-state index in [1.807, 2.05) is 41.3 Å². The highest BCUT2D eigenvalue weighted by atomic mass is 15.3. The first-order chi connectivity index (χ1) is 11.2. The van der Waals surface area contributed by atoms with E-state index < -0.39 is 0 Å². The van der Waals surface area contributed by atoms with Gasteiger partial charge in [0.15, 0.2) is 5.96 Å². The summed E-state index contributed by atoms with van der Waals surface area (Å²) >= 11 is 0. The Morgan fingerprint density at radius 3 is 2.48 bits per heavy atom. The highest BCUT2D eigenvalue weighted by Crippen LogP contribution is 2.26. The van der Waals surface area contributed by atoms with Crippen molar-refractivity contribution in [2.75, 3.05) is 4.90 Å².